The van der Waals surface area contributed by atoms with E-state index in [2.05, 4.69) is 0 Å². The Balaban J connectivity index is 2.54. The van der Waals surface area contributed by atoms with Gasteiger partial charge < -0.3 is 10.5 Å². The third kappa shape index (κ3) is 2.64. The molecule has 1 aromatic carbocycles. The molecule has 0 bridgehead atoms. The number of methoxy groups -OCH3 is 1. The summed E-state index contributed by atoms with van der Waals surface area (Å²) in [6.45, 7) is 2.14. The summed E-state index contributed by atoms with van der Waals surface area (Å²) in [5.74, 6) is -0.663. The van der Waals surface area contributed by atoms with Gasteiger partial charge in [0.05, 0.1) is 11.5 Å². The summed E-state index contributed by atoms with van der Waals surface area (Å²) >= 11 is 0. The number of ether oxygens (including phenoxy) is 1. The highest BCUT2D eigenvalue weighted by Crippen LogP contribution is 2.35. The number of amides is 1. The number of benzene rings is 1. The third-order valence-electron chi connectivity index (χ3n) is 4.19. The van der Waals surface area contributed by atoms with Crippen LogP contribution in [0.5, 0.6) is 0 Å². The predicted octanol–water partition coefficient (Wildman–Crippen LogP) is 0.904. The predicted molar refractivity (Wildman–Crippen MR) is 82.7 cm³/mol. The van der Waals surface area contributed by atoms with Crippen molar-refractivity contribution in [1.29, 1.82) is 0 Å². The van der Waals surface area contributed by atoms with Crippen LogP contribution >= 0.6 is 0 Å². The molecular formula is C15H22N2O4S. The summed E-state index contributed by atoms with van der Waals surface area (Å²) in [5, 5.41) is 0. The van der Waals surface area contributed by atoms with Gasteiger partial charge in [0.25, 0.3) is 0 Å². The first-order valence-electron chi connectivity index (χ1n) is 7.29. The van der Waals surface area contributed by atoms with Gasteiger partial charge in [-0.25, -0.2) is 8.42 Å². The zero-order chi connectivity index (χ0) is 16.4. The minimum Gasteiger partial charge on any atom is -0.382 e. The lowest BCUT2D eigenvalue weighted by molar-refractivity contribution is -0.128. The van der Waals surface area contributed by atoms with E-state index in [1.54, 1.807) is 24.3 Å². The third-order valence-corrected chi connectivity index (χ3v) is 6.26. The van der Waals surface area contributed by atoms with Crippen molar-refractivity contribution in [3.63, 3.8) is 0 Å². The van der Waals surface area contributed by atoms with Gasteiger partial charge in [-0.1, -0.05) is 25.1 Å². The number of nitrogens with zero attached hydrogens (tertiary/aromatic N) is 1. The van der Waals surface area contributed by atoms with Gasteiger partial charge in [0, 0.05) is 13.7 Å². The van der Waals surface area contributed by atoms with E-state index in [1.807, 2.05) is 6.92 Å². The number of carbonyl (C=O) groups excluding carboxylic acids is 1. The van der Waals surface area contributed by atoms with Crippen LogP contribution in [0.3, 0.4) is 0 Å². The van der Waals surface area contributed by atoms with Crippen molar-refractivity contribution in [2.75, 3.05) is 20.3 Å². The van der Waals surface area contributed by atoms with E-state index in [9.17, 15) is 13.2 Å². The molecule has 1 aliphatic rings. The van der Waals surface area contributed by atoms with Gasteiger partial charge in [0.1, 0.15) is 5.54 Å². The molecule has 1 aliphatic heterocycles. The Morgan fingerprint density at radius 2 is 2.09 bits per heavy atom. The molecule has 1 aromatic rings. The number of aryl methyl sites for hydroxylation is 1. The monoisotopic (exact) mass is 326 g/mol. The Labute approximate surface area is 131 Å². The van der Waals surface area contributed by atoms with Gasteiger partial charge in [0.2, 0.25) is 15.9 Å². The minimum atomic E-state index is -3.80. The average Bonchev–Trinajstić information content (AvgIpc) is 2.93. The molecule has 1 fully saturated rings. The van der Waals surface area contributed by atoms with Crippen molar-refractivity contribution < 1.29 is 17.9 Å². The molecule has 122 valence electrons. The van der Waals surface area contributed by atoms with E-state index in [4.69, 9.17) is 10.5 Å². The molecule has 7 heteroatoms. The lowest BCUT2D eigenvalue weighted by Crippen LogP contribution is -2.58. The maximum Gasteiger partial charge on any atom is 0.244 e. The highest BCUT2D eigenvalue weighted by Gasteiger charge is 2.52. The Bertz CT molecular complexity index is 659. The molecule has 0 aliphatic carbocycles. The zero-order valence-electron chi connectivity index (χ0n) is 12.9. The lowest BCUT2D eigenvalue weighted by atomic mass is 9.98. The summed E-state index contributed by atoms with van der Waals surface area (Å²) in [6, 6.07) is 6.85. The van der Waals surface area contributed by atoms with Crippen molar-refractivity contribution in [1.82, 2.24) is 4.31 Å². The quantitative estimate of drug-likeness (QED) is 0.841. The van der Waals surface area contributed by atoms with E-state index >= 15 is 0 Å². The van der Waals surface area contributed by atoms with E-state index in [1.165, 1.54) is 11.4 Å². The highest BCUT2D eigenvalue weighted by molar-refractivity contribution is 7.89. The number of hydrogen-bond acceptors (Lipinski definition) is 4. The van der Waals surface area contributed by atoms with Crippen molar-refractivity contribution in [3.8, 4) is 0 Å². The maximum absolute atomic E-state index is 13.1. The summed E-state index contributed by atoms with van der Waals surface area (Å²) in [4.78, 5) is 12.2. The Kier molecular flexibility index (Phi) is 4.89. The number of carbonyl (C=O) groups is 1. The van der Waals surface area contributed by atoms with Crippen LogP contribution < -0.4 is 5.73 Å². The second-order valence-electron chi connectivity index (χ2n) is 5.47. The number of nitrogens with two attached hydrogens (primary N) is 1. The zero-order valence-corrected chi connectivity index (χ0v) is 13.7. The van der Waals surface area contributed by atoms with Crippen LogP contribution in [0.4, 0.5) is 0 Å². The van der Waals surface area contributed by atoms with E-state index < -0.39 is 21.5 Å². The second-order valence-corrected chi connectivity index (χ2v) is 7.30. The number of sulfonamides is 1. The van der Waals surface area contributed by atoms with Crippen molar-refractivity contribution in [2.24, 2.45) is 5.73 Å². The van der Waals surface area contributed by atoms with E-state index in [-0.39, 0.29) is 18.0 Å². The highest BCUT2D eigenvalue weighted by atomic mass is 32.2. The van der Waals surface area contributed by atoms with Crippen LogP contribution in [-0.4, -0.2) is 44.4 Å². The first-order chi connectivity index (χ1) is 10.4. The smallest absolute Gasteiger partial charge is 0.244 e. The topological polar surface area (TPSA) is 89.7 Å². The summed E-state index contributed by atoms with van der Waals surface area (Å²) in [5.41, 5.74) is 4.96. The molecule has 6 nitrogen and oxygen atoms in total. The van der Waals surface area contributed by atoms with Crippen molar-refractivity contribution in [3.05, 3.63) is 29.8 Å². The fourth-order valence-electron chi connectivity index (χ4n) is 3.07. The molecule has 1 atom stereocenters. The van der Waals surface area contributed by atoms with Crippen molar-refractivity contribution in [2.45, 2.75) is 36.6 Å². The fourth-order valence-corrected chi connectivity index (χ4v) is 5.17. The van der Waals surface area contributed by atoms with Crippen LogP contribution in [-0.2, 0) is 26.0 Å². The van der Waals surface area contributed by atoms with Gasteiger partial charge in [-0.05, 0) is 30.9 Å². The molecule has 2 N–H and O–H groups in total. The molecular weight excluding hydrogens is 304 g/mol. The maximum atomic E-state index is 13.1. The first-order valence-corrected chi connectivity index (χ1v) is 8.73. The summed E-state index contributed by atoms with van der Waals surface area (Å²) in [7, 11) is -2.37. The van der Waals surface area contributed by atoms with Gasteiger partial charge in [-0.15, -0.1) is 0 Å². The van der Waals surface area contributed by atoms with Gasteiger partial charge in [0.15, 0.2) is 0 Å². The standard InChI is InChI=1S/C15H22N2O4S/c1-3-12-7-4-5-8-13(12)22(19,20)17-10-6-9-15(17,11-21-2)14(16)18/h4-5,7-8H,3,6,9-11H2,1-2H3,(H2,16,18). The molecule has 1 amide bonds. The molecule has 0 aromatic heterocycles. The normalized spacial score (nSPS) is 22.8. The lowest BCUT2D eigenvalue weighted by Gasteiger charge is -2.34. The van der Waals surface area contributed by atoms with Crippen LogP contribution in [0.15, 0.2) is 29.2 Å². The van der Waals surface area contributed by atoms with Crippen molar-refractivity contribution >= 4 is 15.9 Å². The Hall–Kier alpha value is -1.44. The Morgan fingerprint density at radius 1 is 1.41 bits per heavy atom. The van der Waals surface area contributed by atoms with Gasteiger partial charge in [-0.2, -0.15) is 4.31 Å². The number of rotatable bonds is 6. The van der Waals surface area contributed by atoms with Gasteiger partial charge >= 0.3 is 0 Å². The van der Waals surface area contributed by atoms with E-state index in [0.717, 1.165) is 5.56 Å². The molecule has 1 unspecified atom stereocenters. The van der Waals surface area contributed by atoms with Gasteiger partial charge in [-0.3, -0.25) is 4.79 Å². The molecule has 0 radical (unpaired) electrons. The fraction of sp³-hybridized carbons (Fsp3) is 0.533. The molecule has 1 saturated heterocycles. The summed E-state index contributed by atoms with van der Waals surface area (Å²) < 4.78 is 32.5. The largest absolute Gasteiger partial charge is 0.382 e. The summed E-state index contributed by atoms with van der Waals surface area (Å²) in [6.07, 6.45) is 1.56. The second kappa shape index (κ2) is 6.36. The average molecular weight is 326 g/mol. The van der Waals surface area contributed by atoms with Crippen LogP contribution in [0.2, 0.25) is 0 Å². The first kappa shape index (κ1) is 16.9. The number of hydrogen-bond donors (Lipinski definition) is 1. The van der Waals surface area contributed by atoms with Crippen LogP contribution in [0.1, 0.15) is 25.3 Å². The molecule has 0 saturated carbocycles. The van der Waals surface area contributed by atoms with Crippen LogP contribution in [0.25, 0.3) is 0 Å². The number of primary amides is 1. The minimum absolute atomic E-state index is 0.0319. The molecule has 1 heterocycles. The molecule has 2 rings (SSSR count). The Morgan fingerprint density at radius 3 is 2.68 bits per heavy atom. The SMILES string of the molecule is CCc1ccccc1S(=O)(=O)N1CCCC1(COC)C(N)=O. The molecule has 22 heavy (non-hydrogen) atoms. The van der Waals surface area contributed by atoms with Crippen LogP contribution in [0, 0.1) is 0 Å². The molecule has 0 spiro atoms. The van der Waals surface area contributed by atoms with E-state index in [0.29, 0.717) is 19.3 Å².